The average molecular weight is 397 g/mol. The molecular formula is C14H22ClIN2O. The summed E-state index contributed by atoms with van der Waals surface area (Å²) in [5, 5.41) is 3.06. The molecule has 1 amide bonds. The molecule has 1 rings (SSSR count). The van der Waals surface area contributed by atoms with E-state index in [0.717, 1.165) is 14.7 Å². The molecule has 0 aliphatic heterocycles. The first-order chi connectivity index (χ1) is 8.30. The second-order valence-corrected chi connectivity index (χ2v) is 6.38. The molecule has 1 aromatic rings. The second-order valence-electron chi connectivity index (χ2n) is 5.21. The summed E-state index contributed by atoms with van der Waals surface area (Å²) in [6.45, 7) is 8.52. The van der Waals surface area contributed by atoms with E-state index in [0.29, 0.717) is 6.54 Å². The molecule has 0 aliphatic carbocycles. The molecule has 3 nitrogen and oxygen atoms in total. The highest BCUT2D eigenvalue weighted by Crippen LogP contribution is 2.18. The van der Waals surface area contributed by atoms with Gasteiger partial charge in [0.05, 0.1) is 11.1 Å². The zero-order valence-electron chi connectivity index (χ0n) is 11.8. The zero-order valence-corrected chi connectivity index (χ0v) is 14.8. The smallest absolute Gasteiger partial charge is 0.252 e. The summed E-state index contributed by atoms with van der Waals surface area (Å²) in [5.74, 6) is 0.235. The Hall–Kier alpha value is -0.330. The maximum absolute atomic E-state index is 12.3. The van der Waals surface area contributed by atoms with E-state index in [1.54, 1.807) is 0 Å². The quantitative estimate of drug-likeness (QED) is 0.768. The molecule has 0 radical (unpaired) electrons. The van der Waals surface area contributed by atoms with Crippen LogP contribution in [0.15, 0.2) is 18.2 Å². The van der Waals surface area contributed by atoms with Crippen LogP contribution in [0.1, 0.15) is 36.7 Å². The van der Waals surface area contributed by atoms with Crippen LogP contribution in [0.3, 0.4) is 0 Å². The van der Waals surface area contributed by atoms with Gasteiger partial charge in [-0.25, -0.2) is 0 Å². The Labute approximate surface area is 135 Å². The van der Waals surface area contributed by atoms with Crippen LogP contribution in [0.5, 0.6) is 0 Å². The Morgan fingerprint density at radius 3 is 2.53 bits per heavy atom. The van der Waals surface area contributed by atoms with Crippen LogP contribution in [0, 0.1) is 16.4 Å². The Bertz CT molecular complexity index is 451. The number of nitrogens with two attached hydrogens (primary N) is 1. The lowest BCUT2D eigenvalue weighted by Crippen LogP contribution is -2.55. The van der Waals surface area contributed by atoms with Crippen LogP contribution in [0.2, 0.25) is 0 Å². The summed E-state index contributed by atoms with van der Waals surface area (Å²) in [7, 11) is 0. The van der Waals surface area contributed by atoms with E-state index < -0.39 is 0 Å². The Morgan fingerprint density at radius 2 is 2.05 bits per heavy atom. The number of carbonyl (C=O) groups excluding carboxylic acids is 1. The first-order valence-corrected chi connectivity index (χ1v) is 7.17. The van der Waals surface area contributed by atoms with Gasteiger partial charge in [-0.3, -0.25) is 4.79 Å². The molecule has 0 saturated heterocycles. The normalized spacial score (nSPS) is 13.6. The number of rotatable bonds is 4. The highest BCUT2D eigenvalue weighted by atomic mass is 127. The predicted molar refractivity (Wildman–Crippen MR) is 90.9 cm³/mol. The van der Waals surface area contributed by atoms with Crippen molar-refractivity contribution < 1.29 is 4.79 Å². The number of hydrogen-bond acceptors (Lipinski definition) is 2. The number of carbonyl (C=O) groups is 1. The van der Waals surface area contributed by atoms with Gasteiger partial charge in [-0.05, 0) is 54.5 Å². The molecule has 0 aliphatic rings. The fourth-order valence-corrected chi connectivity index (χ4v) is 2.15. The van der Waals surface area contributed by atoms with E-state index in [4.69, 9.17) is 5.73 Å². The molecular weight excluding hydrogens is 375 g/mol. The van der Waals surface area contributed by atoms with Gasteiger partial charge < -0.3 is 11.1 Å². The number of nitrogens with one attached hydrogen (secondary N) is 1. The standard InChI is InChI=1S/C14H21IN2O.ClH/c1-9(2)14(4,8-16)17-13(18)11-7-10(3)5-6-12(11)15;/h5-7,9H,8,16H2,1-4H3,(H,17,18);1H. The Kier molecular flexibility index (Phi) is 7.32. The summed E-state index contributed by atoms with van der Waals surface area (Å²) in [5.41, 5.74) is 7.22. The zero-order chi connectivity index (χ0) is 13.9. The van der Waals surface area contributed by atoms with E-state index in [1.807, 2.05) is 32.0 Å². The van der Waals surface area contributed by atoms with E-state index in [1.165, 1.54) is 0 Å². The maximum atomic E-state index is 12.3. The summed E-state index contributed by atoms with van der Waals surface area (Å²) < 4.78 is 0.957. The van der Waals surface area contributed by atoms with E-state index in [9.17, 15) is 4.79 Å². The fraction of sp³-hybridized carbons (Fsp3) is 0.500. The third-order valence-corrected chi connectivity index (χ3v) is 4.40. The molecule has 1 unspecified atom stereocenters. The van der Waals surface area contributed by atoms with Crippen molar-refractivity contribution >= 4 is 40.9 Å². The lowest BCUT2D eigenvalue weighted by atomic mass is 9.88. The summed E-state index contributed by atoms with van der Waals surface area (Å²) in [4.78, 5) is 12.3. The van der Waals surface area contributed by atoms with Gasteiger partial charge in [0, 0.05) is 10.1 Å². The Balaban J connectivity index is 0.00000324. The molecule has 0 heterocycles. The molecule has 19 heavy (non-hydrogen) atoms. The predicted octanol–water partition coefficient (Wildman–Crippen LogP) is 3.12. The maximum Gasteiger partial charge on any atom is 0.252 e. The van der Waals surface area contributed by atoms with Crippen molar-refractivity contribution in [1.29, 1.82) is 0 Å². The van der Waals surface area contributed by atoms with Crippen molar-refractivity contribution in [3.8, 4) is 0 Å². The summed E-state index contributed by atoms with van der Waals surface area (Å²) in [6, 6.07) is 5.87. The molecule has 108 valence electrons. The number of benzene rings is 1. The minimum Gasteiger partial charge on any atom is -0.345 e. The van der Waals surface area contributed by atoms with Crippen molar-refractivity contribution in [3.05, 3.63) is 32.9 Å². The number of hydrogen-bond donors (Lipinski definition) is 2. The van der Waals surface area contributed by atoms with Crippen molar-refractivity contribution in [2.45, 2.75) is 33.2 Å². The average Bonchev–Trinajstić information content (AvgIpc) is 2.31. The van der Waals surface area contributed by atoms with Gasteiger partial charge in [-0.2, -0.15) is 0 Å². The largest absolute Gasteiger partial charge is 0.345 e. The van der Waals surface area contributed by atoms with E-state index in [-0.39, 0.29) is 29.8 Å². The molecule has 5 heteroatoms. The van der Waals surface area contributed by atoms with Crippen molar-refractivity contribution in [2.24, 2.45) is 11.7 Å². The van der Waals surface area contributed by atoms with Crippen LogP contribution in [0.25, 0.3) is 0 Å². The molecule has 1 atom stereocenters. The lowest BCUT2D eigenvalue weighted by Gasteiger charge is -2.33. The van der Waals surface area contributed by atoms with Crippen LogP contribution < -0.4 is 11.1 Å². The fourth-order valence-electron chi connectivity index (χ4n) is 1.57. The van der Waals surface area contributed by atoms with E-state index >= 15 is 0 Å². The van der Waals surface area contributed by atoms with Crippen molar-refractivity contribution in [1.82, 2.24) is 5.32 Å². The second kappa shape index (κ2) is 7.45. The molecule has 0 saturated carbocycles. The van der Waals surface area contributed by atoms with Crippen molar-refractivity contribution in [2.75, 3.05) is 6.54 Å². The topological polar surface area (TPSA) is 55.1 Å². The van der Waals surface area contributed by atoms with Crippen LogP contribution >= 0.6 is 35.0 Å². The monoisotopic (exact) mass is 396 g/mol. The van der Waals surface area contributed by atoms with E-state index in [2.05, 4.69) is 41.8 Å². The first kappa shape index (κ1) is 18.7. The highest BCUT2D eigenvalue weighted by Gasteiger charge is 2.29. The van der Waals surface area contributed by atoms with Gasteiger partial charge >= 0.3 is 0 Å². The van der Waals surface area contributed by atoms with Gasteiger partial charge in [0.1, 0.15) is 0 Å². The number of amides is 1. The van der Waals surface area contributed by atoms with Crippen LogP contribution in [-0.2, 0) is 0 Å². The van der Waals surface area contributed by atoms with Gasteiger partial charge in [0.2, 0.25) is 0 Å². The molecule has 3 N–H and O–H groups in total. The van der Waals surface area contributed by atoms with Gasteiger partial charge in [-0.15, -0.1) is 12.4 Å². The first-order valence-electron chi connectivity index (χ1n) is 6.09. The number of halogens is 2. The molecule has 0 fully saturated rings. The summed E-state index contributed by atoms with van der Waals surface area (Å²) >= 11 is 2.18. The third-order valence-electron chi connectivity index (χ3n) is 3.46. The SMILES string of the molecule is Cc1ccc(I)c(C(=O)NC(C)(CN)C(C)C)c1.Cl. The van der Waals surface area contributed by atoms with Gasteiger partial charge in [0.25, 0.3) is 5.91 Å². The highest BCUT2D eigenvalue weighted by molar-refractivity contribution is 14.1. The van der Waals surface area contributed by atoms with Crippen LogP contribution in [-0.4, -0.2) is 18.0 Å². The van der Waals surface area contributed by atoms with Crippen molar-refractivity contribution in [3.63, 3.8) is 0 Å². The van der Waals surface area contributed by atoms with Gasteiger partial charge in [-0.1, -0.05) is 25.5 Å². The molecule has 1 aromatic carbocycles. The minimum atomic E-state index is -0.371. The molecule has 0 spiro atoms. The lowest BCUT2D eigenvalue weighted by molar-refractivity contribution is 0.0882. The minimum absolute atomic E-state index is 0. The van der Waals surface area contributed by atoms with Crippen LogP contribution in [0.4, 0.5) is 0 Å². The molecule has 0 bridgehead atoms. The number of aryl methyl sites for hydroxylation is 1. The molecule has 0 aromatic heterocycles. The third kappa shape index (κ3) is 4.61. The summed E-state index contributed by atoms with van der Waals surface area (Å²) in [6.07, 6.45) is 0. The Morgan fingerprint density at radius 1 is 1.47 bits per heavy atom. The van der Waals surface area contributed by atoms with Gasteiger partial charge in [0.15, 0.2) is 0 Å².